The topological polar surface area (TPSA) is 97.0 Å². The molecule has 0 bridgehead atoms. The highest BCUT2D eigenvalue weighted by molar-refractivity contribution is 5.99. The predicted molar refractivity (Wildman–Crippen MR) is 121 cm³/mol. The number of rotatable bonds is 3. The maximum Gasteiger partial charge on any atom is 0.490 e. The van der Waals surface area contributed by atoms with Crippen molar-refractivity contribution in [1.29, 1.82) is 0 Å². The van der Waals surface area contributed by atoms with E-state index in [2.05, 4.69) is 9.97 Å². The average molecular weight is 522 g/mol. The lowest BCUT2D eigenvalue weighted by molar-refractivity contribution is -0.192. The third-order valence-electron chi connectivity index (χ3n) is 5.58. The number of ether oxygens (including phenoxy) is 1. The van der Waals surface area contributed by atoms with Gasteiger partial charge in [0.25, 0.3) is 11.8 Å². The number of fused-ring (bicyclic) bond motifs is 2. The summed E-state index contributed by atoms with van der Waals surface area (Å²) in [7, 11) is 0. The molecule has 37 heavy (non-hydrogen) atoms. The number of hydrogen-bond donors (Lipinski definition) is 1. The first-order valence-corrected chi connectivity index (χ1v) is 10.9. The fourth-order valence-electron chi connectivity index (χ4n) is 3.69. The minimum atomic E-state index is -5.08. The maximum atomic E-state index is 14.6. The van der Waals surface area contributed by atoms with Crippen LogP contribution in [-0.4, -0.2) is 67.5 Å². The molecule has 4 aromatic rings. The van der Waals surface area contributed by atoms with Crippen LogP contribution in [0.3, 0.4) is 0 Å². The van der Waals surface area contributed by atoms with Crippen LogP contribution in [0.25, 0.3) is 16.4 Å². The van der Waals surface area contributed by atoms with Crippen LogP contribution in [0.2, 0.25) is 0 Å². The summed E-state index contributed by atoms with van der Waals surface area (Å²) < 4.78 is 68.2. The number of imidazole rings is 1. The number of pyridine rings is 2. The molecule has 3 aromatic heterocycles. The van der Waals surface area contributed by atoms with Gasteiger partial charge in [-0.25, -0.2) is 23.5 Å². The van der Waals surface area contributed by atoms with Gasteiger partial charge < -0.3 is 19.1 Å². The Morgan fingerprint density at radius 1 is 1.05 bits per heavy atom. The zero-order valence-corrected chi connectivity index (χ0v) is 18.9. The second-order valence-electron chi connectivity index (χ2n) is 8.10. The first kappa shape index (κ1) is 25.8. The minimum absolute atomic E-state index is 0.0668. The number of carboxylic acid groups (broad SMARTS) is 1. The Morgan fingerprint density at radius 2 is 1.76 bits per heavy atom. The van der Waals surface area contributed by atoms with Crippen LogP contribution >= 0.6 is 0 Å². The number of alkyl halides is 5. The molecule has 1 saturated heterocycles. The lowest BCUT2D eigenvalue weighted by Gasteiger charge is -2.37. The number of piperidine rings is 1. The van der Waals surface area contributed by atoms with Crippen LogP contribution in [0.4, 0.5) is 22.0 Å². The molecule has 194 valence electrons. The van der Waals surface area contributed by atoms with Gasteiger partial charge >= 0.3 is 12.1 Å². The van der Waals surface area contributed by atoms with Crippen molar-refractivity contribution in [2.45, 2.75) is 24.6 Å². The van der Waals surface area contributed by atoms with E-state index >= 15 is 0 Å². The summed E-state index contributed by atoms with van der Waals surface area (Å²) in [4.78, 5) is 31.8. The quantitative estimate of drug-likeness (QED) is 0.400. The summed E-state index contributed by atoms with van der Waals surface area (Å²) in [5, 5.41) is 8.02. The lowest BCUT2D eigenvalue weighted by atomic mass is 10.0. The second-order valence-corrected chi connectivity index (χ2v) is 8.10. The monoisotopic (exact) mass is 522 g/mol. The highest BCUT2D eigenvalue weighted by Gasteiger charge is 2.47. The van der Waals surface area contributed by atoms with E-state index in [4.69, 9.17) is 14.6 Å². The third-order valence-corrected chi connectivity index (χ3v) is 5.58. The van der Waals surface area contributed by atoms with Crippen molar-refractivity contribution in [2.75, 3.05) is 13.1 Å². The van der Waals surface area contributed by atoms with Crippen molar-refractivity contribution in [2.24, 2.45) is 0 Å². The molecular weight excluding hydrogens is 503 g/mol. The Balaban J connectivity index is 0.000000405. The molecule has 1 aliphatic rings. The average Bonchev–Trinajstić information content (AvgIpc) is 3.29. The van der Waals surface area contributed by atoms with Gasteiger partial charge in [-0.2, -0.15) is 13.2 Å². The summed E-state index contributed by atoms with van der Waals surface area (Å²) in [6, 6.07) is 16.1. The minimum Gasteiger partial charge on any atom is -0.475 e. The van der Waals surface area contributed by atoms with Gasteiger partial charge in [0.1, 0.15) is 6.33 Å². The van der Waals surface area contributed by atoms with Crippen molar-refractivity contribution in [3.8, 4) is 5.88 Å². The van der Waals surface area contributed by atoms with E-state index in [1.54, 1.807) is 40.9 Å². The third kappa shape index (κ3) is 5.76. The number of halogens is 5. The summed E-state index contributed by atoms with van der Waals surface area (Å²) in [5.74, 6) is -6.10. The fraction of sp³-hybridized carbons (Fsp3) is 0.250. The first-order chi connectivity index (χ1) is 17.5. The second kappa shape index (κ2) is 9.99. The molecule has 1 atom stereocenters. The van der Waals surface area contributed by atoms with Crippen molar-refractivity contribution >= 4 is 28.3 Å². The molecule has 1 amide bonds. The largest absolute Gasteiger partial charge is 0.490 e. The highest BCUT2D eigenvalue weighted by atomic mass is 19.4. The number of para-hydroxylation sites is 1. The molecule has 0 saturated carbocycles. The van der Waals surface area contributed by atoms with E-state index in [0.717, 1.165) is 5.39 Å². The summed E-state index contributed by atoms with van der Waals surface area (Å²) in [6.45, 7) is -0.311. The SMILES string of the molecule is O=C(O)C(F)(F)F.O=C(c1ncn2ccccc12)N1CCC(F)(F)[C@@H](Oc2ccc3ccccc3n2)C1. The smallest absolute Gasteiger partial charge is 0.475 e. The molecule has 1 N–H and O–H groups in total. The molecule has 0 radical (unpaired) electrons. The van der Waals surface area contributed by atoms with E-state index in [0.29, 0.717) is 11.0 Å². The van der Waals surface area contributed by atoms with E-state index < -0.39 is 30.6 Å². The molecule has 4 heterocycles. The summed E-state index contributed by atoms with van der Waals surface area (Å²) >= 11 is 0. The predicted octanol–water partition coefficient (Wildman–Crippen LogP) is 4.44. The van der Waals surface area contributed by atoms with Crippen LogP contribution in [0, 0.1) is 0 Å². The number of carbonyl (C=O) groups excluding carboxylic acids is 1. The number of amides is 1. The summed E-state index contributed by atoms with van der Waals surface area (Å²) in [6.07, 6.45) is -3.74. The molecule has 5 rings (SSSR count). The number of aliphatic carboxylic acids is 1. The van der Waals surface area contributed by atoms with Crippen molar-refractivity contribution < 1.29 is 41.4 Å². The van der Waals surface area contributed by atoms with Crippen LogP contribution in [0.5, 0.6) is 5.88 Å². The van der Waals surface area contributed by atoms with Crippen LogP contribution in [0.15, 0.2) is 67.1 Å². The van der Waals surface area contributed by atoms with E-state index in [-0.39, 0.29) is 30.6 Å². The van der Waals surface area contributed by atoms with Gasteiger partial charge in [0.15, 0.2) is 11.8 Å². The maximum absolute atomic E-state index is 14.6. The molecule has 1 aromatic carbocycles. The molecule has 8 nitrogen and oxygen atoms in total. The van der Waals surface area contributed by atoms with E-state index in [9.17, 15) is 26.7 Å². The lowest BCUT2D eigenvalue weighted by Crippen LogP contribution is -2.55. The molecule has 1 aliphatic heterocycles. The van der Waals surface area contributed by atoms with Crippen molar-refractivity contribution in [1.82, 2.24) is 19.3 Å². The molecule has 13 heteroatoms. The number of nitrogens with zero attached hydrogens (tertiary/aromatic N) is 4. The van der Waals surface area contributed by atoms with Gasteiger partial charge in [-0.15, -0.1) is 0 Å². The standard InChI is InChI=1S/C22H18F2N4O2.C2HF3O2/c23-22(24)10-12-27(21(29)20-17-7-3-4-11-28(17)14-25-20)13-18(22)30-19-9-8-15-5-1-2-6-16(15)26-19;3-2(4,5)1(6)7/h1-9,11,14,18H,10,12-13H2;(H,6,7)/t18-;/m0./s1. The van der Waals surface area contributed by atoms with Gasteiger partial charge in [-0.1, -0.05) is 24.3 Å². The first-order valence-electron chi connectivity index (χ1n) is 10.9. The van der Waals surface area contributed by atoms with Crippen LogP contribution < -0.4 is 4.74 Å². The number of aromatic nitrogens is 3. The number of carbonyl (C=O) groups is 2. The van der Waals surface area contributed by atoms with E-state index in [1.807, 2.05) is 24.3 Å². The number of carboxylic acids is 1. The Labute approximate surface area is 205 Å². The van der Waals surface area contributed by atoms with Gasteiger partial charge in [0.05, 0.1) is 17.6 Å². The Morgan fingerprint density at radius 3 is 2.49 bits per heavy atom. The van der Waals surface area contributed by atoms with E-state index in [1.165, 1.54) is 11.2 Å². The Hall–Kier alpha value is -4.29. The molecule has 0 unspecified atom stereocenters. The van der Waals surface area contributed by atoms with Gasteiger partial charge in [-0.3, -0.25) is 4.79 Å². The summed E-state index contributed by atoms with van der Waals surface area (Å²) in [5.41, 5.74) is 1.53. The Kier molecular flexibility index (Phi) is 6.96. The van der Waals surface area contributed by atoms with Crippen LogP contribution in [0.1, 0.15) is 16.9 Å². The molecule has 1 fully saturated rings. The van der Waals surface area contributed by atoms with Gasteiger partial charge in [-0.05, 0) is 24.3 Å². The van der Waals surface area contributed by atoms with Gasteiger partial charge in [0.2, 0.25) is 5.88 Å². The molecular formula is C24H19F5N4O4. The fourth-order valence-corrected chi connectivity index (χ4v) is 3.69. The highest BCUT2D eigenvalue weighted by Crippen LogP contribution is 2.32. The molecule has 0 spiro atoms. The number of hydrogen-bond acceptors (Lipinski definition) is 5. The zero-order chi connectivity index (χ0) is 26.8. The number of benzene rings is 1. The Bertz CT molecular complexity index is 1440. The molecule has 0 aliphatic carbocycles. The normalized spacial score (nSPS) is 17.2. The van der Waals surface area contributed by atoms with Crippen molar-refractivity contribution in [3.05, 3.63) is 72.8 Å². The van der Waals surface area contributed by atoms with Crippen molar-refractivity contribution in [3.63, 3.8) is 0 Å². The van der Waals surface area contributed by atoms with Gasteiger partial charge in [0, 0.05) is 30.6 Å². The zero-order valence-electron chi connectivity index (χ0n) is 18.9. The number of likely N-dealkylation sites (tertiary alicyclic amines) is 1. The van der Waals surface area contributed by atoms with Crippen LogP contribution in [-0.2, 0) is 4.79 Å².